The first-order valence-corrected chi connectivity index (χ1v) is 15.8. The molecule has 238 valence electrons. The number of fused-ring (bicyclic) bond motifs is 5. The summed E-state index contributed by atoms with van der Waals surface area (Å²) in [6, 6.07) is 10.1. The van der Waals surface area contributed by atoms with Gasteiger partial charge in [-0.15, -0.1) is 0 Å². The van der Waals surface area contributed by atoms with Crippen molar-refractivity contribution in [3.63, 3.8) is 0 Å². The van der Waals surface area contributed by atoms with E-state index in [1.807, 2.05) is 25.1 Å². The number of rotatable bonds is 1. The second-order valence-corrected chi connectivity index (χ2v) is 13.6. The van der Waals surface area contributed by atoms with Crippen molar-refractivity contribution in [2.24, 2.45) is 4.99 Å². The minimum absolute atomic E-state index is 0.143. The molecular weight excluding hydrogens is 572 g/mol. The van der Waals surface area contributed by atoms with Crippen molar-refractivity contribution in [2.45, 2.75) is 102 Å². The molecule has 6 bridgehead atoms. The van der Waals surface area contributed by atoms with Gasteiger partial charge in [-0.05, 0) is 93.0 Å². The van der Waals surface area contributed by atoms with E-state index in [9.17, 15) is 19.5 Å². The van der Waals surface area contributed by atoms with E-state index < -0.39 is 35.4 Å². The Labute approximate surface area is 263 Å². The van der Waals surface area contributed by atoms with Gasteiger partial charge >= 0.3 is 6.09 Å². The predicted molar refractivity (Wildman–Crippen MR) is 170 cm³/mol. The minimum atomic E-state index is -0.756. The Morgan fingerprint density at radius 2 is 1.96 bits per heavy atom. The van der Waals surface area contributed by atoms with E-state index in [4.69, 9.17) is 14.5 Å². The summed E-state index contributed by atoms with van der Waals surface area (Å²) in [5.41, 5.74) is 3.34. The van der Waals surface area contributed by atoms with Crippen molar-refractivity contribution in [3.05, 3.63) is 70.8 Å². The van der Waals surface area contributed by atoms with Crippen LogP contribution in [0.25, 0.3) is 5.57 Å². The third-order valence-corrected chi connectivity index (χ3v) is 9.29. The number of hydrogen-bond acceptors (Lipinski definition) is 7. The van der Waals surface area contributed by atoms with Crippen LogP contribution in [0.5, 0.6) is 5.75 Å². The lowest BCUT2D eigenvalue weighted by molar-refractivity contribution is -0.132. The molecule has 10 heteroatoms. The maximum Gasteiger partial charge on any atom is 0.414 e. The molecule has 0 spiro atoms. The highest BCUT2D eigenvalue weighted by Gasteiger charge is 2.44. The van der Waals surface area contributed by atoms with Crippen molar-refractivity contribution in [1.29, 1.82) is 0 Å². The number of guanidine groups is 1. The molecule has 0 fully saturated rings. The fourth-order valence-electron chi connectivity index (χ4n) is 6.93. The maximum atomic E-state index is 14.2. The van der Waals surface area contributed by atoms with Crippen LogP contribution in [0.4, 0.5) is 4.79 Å². The van der Waals surface area contributed by atoms with E-state index in [-0.39, 0.29) is 24.2 Å². The van der Waals surface area contributed by atoms with Gasteiger partial charge in [0.05, 0.1) is 36.8 Å². The summed E-state index contributed by atoms with van der Waals surface area (Å²) < 4.78 is 11.5. The van der Waals surface area contributed by atoms with E-state index in [1.54, 1.807) is 43.9 Å². The zero-order chi connectivity index (χ0) is 32.1. The van der Waals surface area contributed by atoms with Crippen LogP contribution in [0.2, 0.25) is 0 Å². The summed E-state index contributed by atoms with van der Waals surface area (Å²) in [5, 5.41) is 16.8. The zero-order valence-corrected chi connectivity index (χ0v) is 26.4. The molecular formula is C35H42N4O6. The predicted octanol–water partition coefficient (Wildman–Crippen LogP) is 5.36. The molecule has 45 heavy (non-hydrogen) atoms. The van der Waals surface area contributed by atoms with Gasteiger partial charge in [0.2, 0.25) is 11.9 Å². The van der Waals surface area contributed by atoms with E-state index in [2.05, 4.69) is 17.2 Å². The van der Waals surface area contributed by atoms with Crippen LogP contribution >= 0.6 is 0 Å². The van der Waals surface area contributed by atoms with Crippen LogP contribution in [0.1, 0.15) is 111 Å². The second kappa shape index (κ2) is 11.6. The monoisotopic (exact) mass is 614 g/mol. The van der Waals surface area contributed by atoms with Gasteiger partial charge in [-0.1, -0.05) is 25.6 Å². The SMILES string of the molecule is C=C1CCC[C@]2(CC)CC(=O)N(C(NC(=O)OC(C)(C)C)=N2)[C@@H]2CCOc3ccc(cc32)C(=O)N[C@@H]2c3cc1ccc3C[C@H]2O. The lowest BCUT2D eigenvalue weighted by atomic mass is 9.83. The molecule has 4 aliphatic heterocycles. The Hall–Kier alpha value is -4.18. The van der Waals surface area contributed by atoms with Crippen LogP contribution in [-0.4, -0.2) is 57.7 Å². The highest BCUT2D eigenvalue weighted by Crippen LogP contribution is 2.42. The molecule has 0 saturated heterocycles. The summed E-state index contributed by atoms with van der Waals surface area (Å²) in [4.78, 5) is 47.6. The summed E-state index contributed by atoms with van der Waals surface area (Å²) in [5.74, 6) is 0.188. The number of nitrogens with one attached hydrogen (secondary N) is 2. The third-order valence-electron chi connectivity index (χ3n) is 9.29. The van der Waals surface area contributed by atoms with E-state index in [0.717, 1.165) is 28.7 Å². The van der Waals surface area contributed by atoms with Crippen molar-refractivity contribution < 1.29 is 29.0 Å². The lowest BCUT2D eigenvalue weighted by Gasteiger charge is -2.43. The fourth-order valence-corrected chi connectivity index (χ4v) is 6.93. The normalized spacial score (nSPS) is 26.3. The van der Waals surface area contributed by atoms with Crippen LogP contribution in [0, 0.1) is 0 Å². The second-order valence-electron chi connectivity index (χ2n) is 13.6. The first kappa shape index (κ1) is 30.8. The number of amides is 3. The van der Waals surface area contributed by atoms with Crippen LogP contribution < -0.4 is 15.4 Å². The minimum Gasteiger partial charge on any atom is -0.493 e. The molecule has 7 rings (SSSR count). The summed E-state index contributed by atoms with van der Waals surface area (Å²) in [6.45, 7) is 12.0. The maximum absolute atomic E-state index is 14.2. The van der Waals surface area contributed by atoms with Crippen molar-refractivity contribution >= 4 is 29.4 Å². The van der Waals surface area contributed by atoms with Crippen LogP contribution in [0.3, 0.4) is 0 Å². The number of alkyl carbamates (subject to hydrolysis) is 1. The third kappa shape index (κ3) is 6.08. The van der Waals surface area contributed by atoms with Gasteiger partial charge in [-0.3, -0.25) is 19.8 Å². The lowest BCUT2D eigenvalue weighted by Crippen LogP contribution is -2.56. The molecule has 3 N–H and O–H groups in total. The topological polar surface area (TPSA) is 130 Å². The van der Waals surface area contributed by atoms with Gasteiger partial charge in [-0.25, -0.2) is 9.79 Å². The van der Waals surface area contributed by atoms with E-state index in [0.29, 0.717) is 55.6 Å². The van der Waals surface area contributed by atoms with Crippen molar-refractivity contribution in [3.8, 4) is 5.75 Å². The number of ether oxygens (including phenoxy) is 2. The number of aliphatic hydroxyl groups is 1. The van der Waals surface area contributed by atoms with E-state index in [1.165, 1.54) is 0 Å². The smallest absolute Gasteiger partial charge is 0.414 e. The Morgan fingerprint density at radius 3 is 2.71 bits per heavy atom. The highest BCUT2D eigenvalue weighted by molar-refractivity contribution is 6.05. The van der Waals surface area contributed by atoms with Gasteiger partial charge in [0.1, 0.15) is 11.4 Å². The standard InChI is InChI=1S/C35H42N4O6/c1-6-35-14-7-8-20(2)21-9-10-22-18-27(40)30(24(22)16-21)36-31(42)23-11-12-28-25(17-23)26(13-15-44-28)39(29(41)19-35)32(38-35)37-33(43)45-34(3,4)5/h9-12,16-17,26-27,30,40H,2,6-8,13-15,18-19H2,1,3-5H3,(H,36,42)(H,37,38,43)/t26-,27-,30-,35-/m1/s1. The number of nitrogens with zero attached hydrogens (tertiary/aromatic N) is 2. The number of benzene rings is 2. The first-order chi connectivity index (χ1) is 21.4. The molecule has 3 amide bonds. The number of carbonyl (C=O) groups is 3. The van der Waals surface area contributed by atoms with E-state index >= 15 is 0 Å². The summed E-state index contributed by atoms with van der Waals surface area (Å²) >= 11 is 0. The molecule has 0 saturated carbocycles. The molecule has 1 aliphatic carbocycles. The van der Waals surface area contributed by atoms with Gasteiger partial charge in [-0.2, -0.15) is 0 Å². The van der Waals surface area contributed by atoms with Crippen LogP contribution in [0.15, 0.2) is 48.0 Å². The molecule has 5 aliphatic rings. The Kier molecular flexibility index (Phi) is 7.97. The fraction of sp³-hybridized carbons (Fsp3) is 0.486. The number of hydrogen-bond donors (Lipinski definition) is 3. The van der Waals surface area contributed by atoms with Crippen molar-refractivity contribution in [2.75, 3.05) is 6.61 Å². The average Bonchev–Trinajstić information content (AvgIpc) is 3.28. The zero-order valence-electron chi connectivity index (χ0n) is 26.4. The molecule has 10 nitrogen and oxygen atoms in total. The van der Waals surface area contributed by atoms with Gasteiger partial charge < -0.3 is 19.9 Å². The quantitative estimate of drug-likeness (QED) is 0.397. The average molecular weight is 615 g/mol. The van der Waals surface area contributed by atoms with Gasteiger partial charge in [0.15, 0.2) is 0 Å². The van der Waals surface area contributed by atoms with Gasteiger partial charge in [0, 0.05) is 24.0 Å². The van der Waals surface area contributed by atoms with Gasteiger partial charge in [0.25, 0.3) is 5.91 Å². The Morgan fingerprint density at radius 1 is 1.20 bits per heavy atom. The number of carbonyl (C=O) groups excluding carboxylic acids is 3. The molecule has 2 aromatic rings. The van der Waals surface area contributed by atoms with Crippen LogP contribution in [-0.2, 0) is 16.0 Å². The number of allylic oxidation sites excluding steroid dienone is 1. The Bertz CT molecular complexity index is 1590. The van der Waals surface area contributed by atoms with Crippen molar-refractivity contribution in [1.82, 2.24) is 15.5 Å². The summed E-state index contributed by atoms with van der Waals surface area (Å²) in [7, 11) is 0. The molecule has 0 radical (unpaired) electrons. The summed E-state index contributed by atoms with van der Waals surface area (Å²) in [6.07, 6.45) is 2.25. The molecule has 0 aromatic heterocycles. The molecule has 0 unspecified atom stereocenters. The Balaban J connectivity index is 1.46. The number of aliphatic hydroxyl groups excluding tert-OH is 1. The largest absolute Gasteiger partial charge is 0.493 e. The molecule has 4 heterocycles. The molecule has 4 atom stereocenters. The first-order valence-electron chi connectivity index (χ1n) is 15.8. The number of aliphatic imine (C=N–C) groups is 1. The molecule has 2 aromatic carbocycles. The highest BCUT2D eigenvalue weighted by atomic mass is 16.6.